The Hall–Kier alpha value is -1.84. The van der Waals surface area contributed by atoms with E-state index in [4.69, 9.17) is 9.15 Å². The monoisotopic (exact) mass is 328 g/mol. The summed E-state index contributed by atoms with van der Waals surface area (Å²) in [4.78, 5) is 25.0. The molecule has 1 aromatic rings. The number of esters is 1. The summed E-state index contributed by atoms with van der Waals surface area (Å²) in [7, 11) is 0. The zero-order chi connectivity index (χ0) is 17.1. The number of ether oxygens (including phenoxy) is 1. The van der Waals surface area contributed by atoms with E-state index in [9.17, 15) is 9.59 Å². The van der Waals surface area contributed by atoms with Crippen LogP contribution in [0.5, 0.6) is 0 Å². The van der Waals surface area contributed by atoms with E-state index in [1.54, 1.807) is 12.5 Å². The topological polar surface area (TPSA) is 56.5 Å². The average molecular weight is 328 g/mol. The lowest BCUT2D eigenvalue weighted by Gasteiger charge is -2.59. The molecule has 4 rings (SSSR count). The maximum atomic E-state index is 12.7. The van der Waals surface area contributed by atoms with Gasteiger partial charge in [0, 0.05) is 12.0 Å². The van der Waals surface area contributed by atoms with Crippen molar-refractivity contribution in [1.82, 2.24) is 0 Å². The number of cyclic esters (lactones) is 1. The van der Waals surface area contributed by atoms with Gasteiger partial charge in [-0.3, -0.25) is 9.59 Å². The number of furan rings is 1. The highest BCUT2D eigenvalue weighted by Crippen LogP contribution is 2.64. The number of ketones is 1. The highest BCUT2D eigenvalue weighted by Gasteiger charge is 2.60. The molecule has 0 bridgehead atoms. The Labute approximate surface area is 142 Å². The first-order valence-electron chi connectivity index (χ1n) is 8.79. The zero-order valence-corrected chi connectivity index (χ0v) is 14.5. The van der Waals surface area contributed by atoms with Gasteiger partial charge in [0.2, 0.25) is 0 Å². The minimum atomic E-state index is -0.277. The molecule has 128 valence electrons. The van der Waals surface area contributed by atoms with Gasteiger partial charge in [-0.05, 0) is 55.1 Å². The summed E-state index contributed by atoms with van der Waals surface area (Å²) in [6, 6.07) is 1.86. The molecule has 3 aliphatic rings. The molecule has 2 fully saturated rings. The van der Waals surface area contributed by atoms with Crippen LogP contribution in [-0.2, 0) is 14.3 Å². The van der Waals surface area contributed by atoms with Gasteiger partial charge in [-0.25, -0.2) is 0 Å². The van der Waals surface area contributed by atoms with Crippen molar-refractivity contribution in [3.8, 4) is 0 Å². The predicted octanol–water partition coefficient (Wildman–Crippen LogP) is 4.23. The Morgan fingerprint density at radius 2 is 2.04 bits per heavy atom. The molecule has 24 heavy (non-hydrogen) atoms. The van der Waals surface area contributed by atoms with E-state index >= 15 is 0 Å². The number of rotatable bonds is 1. The molecule has 0 N–H and O–H groups in total. The predicted molar refractivity (Wildman–Crippen MR) is 88.0 cm³/mol. The van der Waals surface area contributed by atoms with E-state index < -0.39 is 0 Å². The summed E-state index contributed by atoms with van der Waals surface area (Å²) < 4.78 is 10.9. The van der Waals surface area contributed by atoms with Crippen LogP contribution in [0.1, 0.15) is 58.1 Å². The normalized spacial score (nSPS) is 42.0. The molecular formula is C20H24O4. The van der Waals surface area contributed by atoms with Gasteiger partial charge in [0.25, 0.3) is 0 Å². The molecule has 1 saturated carbocycles. The Morgan fingerprint density at radius 3 is 2.75 bits per heavy atom. The van der Waals surface area contributed by atoms with Crippen LogP contribution in [0.3, 0.4) is 0 Å². The molecule has 1 saturated heterocycles. The lowest BCUT2D eigenvalue weighted by Crippen LogP contribution is -2.56. The van der Waals surface area contributed by atoms with E-state index in [-0.39, 0.29) is 40.5 Å². The minimum absolute atomic E-state index is 0.00226. The van der Waals surface area contributed by atoms with Crippen molar-refractivity contribution in [3.05, 3.63) is 35.8 Å². The fraction of sp³-hybridized carbons (Fsp3) is 0.600. The fourth-order valence-corrected chi connectivity index (χ4v) is 5.49. The van der Waals surface area contributed by atoms with Crippen LogP contribution in [0.25, 0.3) is 0 Å². The molecule has 5 unspecified atom stereocenters. The maximum absolute atomic E-state index is 12.7. The lowest BCUT2D eigenvalue weighted by atomic mass is 9.46. The molecule has 0 amide bonds. The average Bonchev–Trinajstić information content (AvgIpc) is 3.03. The van der Waals surface area contributed by atoms with Gasteiger partial charge >= 0.3 is 5.97 Å². The molecule has 5 atom stereocenters. The Bertz CT molecular complexity index is 716. The minimum Gasteiger partial charge on any atom is -0.472 e. The number of allylic oxidation sites excluding steroid dienone is 2. The third-order valence-electron chi connectivity index (χ3n) is 7.08. The van der Waals surface area contributed by atoms with Crippen LogP contribution in [-0.4, -0.2) is 11.8 Å². The molecule has 1 aromatic heterocycles. The Morgan fingerprint density at radius 1 is 1.25 bits per heavy atom. The van der Waals surface area contributed by atoms with Gasteiger partial charge in [-0.1, -0.05) is 19.4 Å². The Balaban J connectivity index is 1.76. The second-order valence-electron chi connectivity index (χ2n) is 8.25. The van der Waals surface area contributed by atoms with Gasteiger partial charge < -0.3 is 9.15 Å². The van der Waals surface area contributed by atoms with E-state index in [0.29, 0.717) is 6.42 Å². The zero-order valence-electron chi connectivity index (χ0n) is 14.5. The van der Waals surface area contributed by atoms with Crippen molar-refractivity contribution in [2.24, 2.45) is 22.7 Å². The third-order valence-corrected chi connectivity index (χ3v) is 7.08. The highest BCUT2D eigenvalue weighted by atomic mass is 16.5. The van der Waals surface area contributed by atoms with Gasteiger partial charge in [0.1, 0.15) is 6.10 Å². The van der Waals surface area contributed by atoms with Crippen molar-refractivity contribution >= 4 is 11.8 Å². The second kappa shape index (κ2) is 5.08. The largest absolute Gasteiger partial charge is 0.472 e. The van der Waals surface area contributed by atoms with Crippen LogP contribution in [0, 0.1) is 22.7 Å². The van der Waals surface area contributed by atoms with Crippen molar-refractivity contribution in [1.29, 1.82) is 0 Å². The molecule has 0 radical (unpaired) electrons. The van der Waals surface area contributed by atoms with E-state index in [1.165, 1.54) is 5.57 Å². The number of carbonyl (C=O) groups excluding carboxylic acids is 2. The number of fused-ring (bicyclic) bond motifs is 3. The summed E-state index contributed by atoms with van der Waals surface area (Å²) in [5, 5.41) is 0. The summed E-state index contributed by atoms with van der Waals surface area (Å²) in [5.74, 6) is 0.147. The van der Waals surface area contributed by atoms with E-state index in [0.717, 1.165) is 24.8 Å². The number of hydrogen-bond acceptors (Lipinski definition) is 4. The molecule has 0 spiro atoms. The van der Waals surface area contributed by atoms with Gasteiger partial charge in [-0.15, -0.1) is 0 Å². The summed E-state index contributed by atoms with van der Waals surface area (Å²) >= 11 is 0. The smallest absolute Gasteiger partial charge is 0.310 e. The lowest BCUT2D eigenvalue weighted by molar-refractivity contribution is -0.191. The van der Waals surface area contributed by atoms with Crippen LogP contribution < -0.4 is 0 Å². The van der Waals surface area contributed by atoms with Gasteiger partial charge in [-0.2, -0.15) is 0 Å². The van der Waals surface area contributed by atoms with Crippen molar-refractivity contribution < 1.29 is 18.7 Å². The highest BCUT2D eigenvalue weighted by molar-refractivity contribution is 5.92. The fourth-order valence-electron chi connectivity index (χ4n) is 5.49. The molecule has 2 aliphatic carbocycles. The standard InChI is InChI=1S/C20H24O4/c1-12-8-14(21)9-17-19(12,2)6-4-15-18(22)24-16(10-20(15,17)3)13-5-7-23-11-13/h5,7-8,11,15-17H,4,6,9-10H2,1-3H3. The maximum Gasteiger partial charge on any atom is 0.310 e. The van der Waals surface area contributed by atoms with E-state index in [2.05, 4.69) is 20.8 Å². The van der Waals surface area contributed by atoms with Crippen LogP contribution in [0.2, 0.25) is 0 Å². The van der Waals surface area contributed by atoms with Crippen molar-refractivity contribution in [2.45, 2.75) is 52.6 Å². The molecular weight excluding hydrogens is 304 g/mol. The first-order valence-corrected chi connectivity index (χ1v) is 8.79. The number of hydrogen-bond donors (Lipinski definition) is 0. The first-order chi connectivity index (χ1) is 11.3. The quantitative estimate of drug-likeness (QED) is 0.724. The van der Waals surface area contributed by atoms with Gasteiger partial charge in [0.05, 0.1) is 18.4 Å². The second-order valence-corrected chi connectivity index (χ2v) is 8.25. The molecule has 1 aliphatic heterocycles. The molecule has 4 heteroatoms. The van der Waals surface area contributed by atoms with Crippen molar-refractivity contribution in [3.63, 3.8) is 0 Å². The summed E-state index contributed by atoms with van der Waals surface area (Å²) in [5.41, 5.74) is 1.85. The molecule has 4 nitrogen and oxygen atoms in total. The number of carbonyl (C=O) groups is 2. The first kappa shape index (κ1) is 15.7. The third kappa shape index (κ3) is 2.04. The van der Waals surface area contributed by atoms with Gasteiger partial charge in [0.15, 0.2) is 5.78 Å². The van der Waals surface area contributed by atoms with Crippen LogP contribution in [0.15, 0.2) is 34.7 Å². The SMILES string of the molecule is CC1=CC(=O)CC2C1(C)CCC1C(=O)OC(c3ccoc3)CC12C. The van der Waals surface area contributed by atoms with Crippen LogP contribution in [0.4, 0.5) is 0 Å². The van der Waals surface area contributed by atoms with Crippen LogP contribution >= 0.6 is 0 Å². The molecule has 0 aromatic carbocycles. The molecule has 2 heterocycles. The van der Waals surface area contributed by atoms with Crippen molar-refractivity contribution in [2.75, 3.05) is 0 Å². The summed E-state index contributed by atoms with van der Waals surface area (Å²) in [6.07, 6.45) is 7.87. The Kier molecular flexibility index (Phi) is 3.32. The van der Waals surface area contributed by atoms with E-state index in [1.807, 2.05) is 12.1 Å². The summed E-state index contributed by atoms with van der Waals surface area (Å²) in [6.45, 7) is 6.53.